The molecule has 7 nitrogen and oxygen atoms in total. The minimum absolute atomic E-state index is 0.133. The normalized spacial score (nSPS) is 19.9. The Hall–Kier alpha value is -2.22. The monoisotopic (exact) mass is 498 g/mol. The van der Waals surface area contributed by atoms with Crippen LogP contribution in [0.3, 0.4) is 0 Å². The second-order valence-corrected chi connectivity index (χ2v) is 11.0. The number of hydrogen-bond acceptors (Lipinski definition) is 6. The van der Waals surface area contributed by atoms with Gasteiger partial charge < -0.3 is 25.0 Å². The molecule has 1 aliphatic heterocycles. The van der Waals surface area contributed by atoms with Gasteiger partial charge in [0.15, 0.2) is 0 Å². The van der Waals surface area contributed by atoms with Gasteiger partial charge in [-0.05, 0) is 86.8 Å². The van der Waals surface area contributed by atoms with Crippen LogP contribution in [0.4, 0.5) is 0 Å². The number of aliphatic hydroxyl groups is 2. The first kappa shape index (κ1) is 26.8. The fraction of sp³-hybridized carbons (Fsp3) is 0.655. The highest BCUT2D eigenvalue weighted by molar-refractivity contribution is 5.85. The number of fused-ring (bicyclic) bond motifs is 1. The Morgan fingerprint density at radius 3 is 2.64 bits per heavy atom. The molecule has 0 radical (unpaired) electrons. The summed E-state index contributed by atoms with van der Waals surface area (Å²) in [4.78, 5) is 18.8. The topological polar surface area (TPSA) is 103 Å². The van der Waals surface area contributed by atoms with Crippen LogP contribution in [0.1, 0.15) is 87.9 Å². The van der Waals surface area contributed by atoms with E-state index in [-0.39, 0.29) is 18.4 Å². The van der Waals surface area contributed by atoms with Gasteiger partial charge in [0.25, 0.3) is 0 Å². The van der Waals surface area contributed by atoms with Gasteiger partial charge in [0.1, 0.15) is 5.75 Å². The largest absolute Gasteiger partial charge is 0.497 e. The number of pyridine rings is 1. The first-order valence-corrected chi connectivity index (χ1v) is 13.6. The summed E-state index contributed by atoms with van der Waals surface area (Å²) in [6, 6.07) is 5.52. The molecule has 2 fully saturated rings. The lowest BCUT2D eigenvalue weighted by molar-refractivity contribution is -0.141. The molecular weight excluding hydrogens is 456 g/mol. The van der Waals surface area contributed by atoms with Gasteiger partial charge in [0, 0.05) is 17.1 Å². The van der Waals surface area contributed by atoms with Crippen molar-refractivity contribution in [1.82, 2.24) is 9.88 Å². The number of piperidine rings is 1. The van der Waals surface area contributed by atoms with Crippen LogP contribution in [-0.4, -0.2) is 57.9 Å². The number of carboxylic acid groups (broad SMARTS) is 1. The quantitative estimate of drug-likeness (QED) is 0.397. The molecular formula is C29H42N2O5. The van der Waals surface area contributed by atoms with E-state index in [0.717, 1.165) is 49.3 Å². The van der Waals surface area contributed by atoms with E-state index < -0.39 is 12.1 Å². The van der Waals surface area contributed by atoms with Gasteiger partial charge >= 0.3 is 5.97 Å². The van der Waals surface area contributed by atoms with E-state index in [0.29, 0.717) is 29.7 Å². The molecule has 4 rings (SSSR count). The Labute approximate surface area is 214 Å². The molecule has 0 bridgehead atoms. The van der Waals surface area contributed by atoms with Gasteiger partial charge in [-0.3, -0.25) is 9.78 Å². The number of nitrogens with zero attached hydrogens (tertiary/aromatic N) is 2. The number of hydrogen-bond donors (Lipinski definition) is 3. The Morgan fingerprint density at radius 1 is 1.22 bits per heavy atom. The minimum atomic E-state index is -0.820. The highest BCUT2D eigenvalue weighted by Gasteiger charge is 2.37. The summed E-state index contributed by atoms with van der Waals surface area (Å²) in [6.45, 7) is 2.74. The number of ether oxygens (including phenoxy) is 1. The molecule has 1 saturated heterocycles. The molecule has 1 aromatic heterocycles. The molecule has 3 N–H and O–H groups in total. The summed E-state index contributed by atoms with van der Waals surface area (Å²) in [5, 5.41) is 31.7. The predicted molar refractivity (Wildman–Crippen MR) is 140 cm³/mol. The van der Waals surface area contributed by atoms with Gasteiger partial charge in [0.05, 0.1) is 31.8 Å². The van der Waals surface area contributed by atoms with E-state index in [1.807, 2.05) is 18.2 Å². The smallest absolute Gasteiger partial charge is 0.303 e. The molecule has 198 valence electrons. The molecule has 36 heavy (non-hydrogen) atoms. The molecule has 1 aliphatic carbocycles. The summed E-state index contributed by atoms with van der Waals surface area (Å²) in [6.07, 6.45) is 11.8. The number of carboxylic acids is 1. The second kappa shape index (κ2) is 12.3. The van der Waals surface area contributed by atoms with Crippen LogP contribution in [0.5, 0.6) is 5.75 Å². The standard InChI is InChI=1S/C29H42N2O5/c1-36-23-7-8-25-24(17-23)28(22(20-32)19-30-25)26(33)9-11-29(18-27(34)35)12-15-31(16-13-29)14-10-21-5-3-2-4-6-21/h7-8,17,19,21,26,32-33H,2-6,9-16,18,20H2,1H3,(H,34,35)/t26-/m1/s1. The van der Waals surface area contributed by atoms with Crippen LogP contribution in [0.15, 0.2) is 24.4 Å². The maximum Gasteiger partial charge on any atom is 0.303 e. The molecule has 2 aromatic rings. The molecule has 0 amide bonds. The number of aliphatic carboxylic acids is 1. The Bertz CT molecular complexity index is 1010. The zero-order valence-electron chi connectivity index (χ0n) is 21.6. The van der Waals surface area contributed by atoms with Crippen LogP contribution in [0.2, 0.25) is 0 Å². The third kappa shape index (κ3) is 6.55. The molecule has 0 unspecified atom stereocenters. The van der Waals surface area contributed by atoms with Crippen LogP contribution in [0.25, 0.3) is 10.9 Å². The average Bonchev–Trinajstić information content (AvgIpc) is 2.90. The van der Waals surface area contributed by atoms with Crippen molar-refractivity contribution in [2.45, 2.75) is 83.3 Å². The Kier molecular flexibility index (Phi) is 9.20. The van der Waals surface area contributed by atoms with Crippen LogP contribution in [-0.2, 0) is 11.4 Å². The number of aliphatic hydroxyl groups excluding tert-OH is 2. The van der Waals surface area contributed by atoms with Crippen molar-refractivity contribution in [3.8, 4) is 5.75 Å². The molecule has 2 heterocycles. The number of likely N-dealkylation sites (tertiary alicyclic amines) is 1. The van der Waals surface area contributed by atoms with Crippen molar-refractivity contribution >= 4 is 16.9 Å². The van der Waals surface area contributed by atoms with Crippen molar-refractivity contribution in [3.05, 3.63) is 35.5 Å². The Morgan fingerprint density at radius 2 is 1.97 bits per heavy atom. The number of aromatic nitrogens is 1. The van der Waals surface area contributed by atoms with Crippen molar-refractivity contribution < 1.29 is 24.9 Å². The van der Waals surface area contributed by atoms with Crippen molar-refractivity contribution in [3.63, 3.8) is 0 Å². The fourth-order valence-electron chi connectivity index (χ4n) is 6.40. The summed E-state index contributed by atoms with van der Waals surface area (Å²) in [7, 11) is 1.60. The van der Waals surface area contributed by atoms with Gasteiger partial charge in [-0.25, -0.2) is 0 Å². The zero-order valence-corrected chi connectivity index (χ0v) is 21.6. The van der Waals surface area contributed by atoms with Crippen LogP contribution in [0, 0.1) is 11.3 Å². The fourth-order valence-corrected chi connectivity index (χ4v) is 6.40. The number of rotatable bonds is 11. The SMILES string of the molecule is COc1ccc2ncc(CO)c([C@H](O)CCC3(CC(=O)O)CCN(CCC4CCCCC4)CC3)c2c1. The van der Waals surface area contributed by atoms with E-state index in [9.17, 15) is 20.1 Å². The van der Waals surface area contributed by atoms with Gasteiger partial charge in [-0.1, -0.05) is 32.1 Å². The van der Waals surface area contributed by atoms with E-state index >= 15 is 0 Å². The van der Waals surface area contributed by atoms with E-state index in [1.165, 1.54) is 38.5 Å². The highest BCUT2D eigenvalue weighted by atomic mass is 16.5. The summed E-state index contributed by atoms with van der Waals surface area (Å²) < 4.78 is 5.37. The number of benzene rings is 1. The van der Waals surface area contributed by atoms with Gasteiger partial charge in [-0.2, -0.15) is 0 Å². The van der Waals surface area contributed by atoms with Crippen LogP contribution >= 0.6 is 0 Å². The van der Waals surface area contributed by atoms with Crippen molar-refractivity contribution in [2.75, 3.05) is 26.7 Å². The minimum Gasteiger partial charge on any atom is -0.497 e. The molecule has 2 aliphatic rings. The molecule has 7 heteroatoms. The lowest BCUT2D eigenvalue weighted by Gasteiger charge is -2.42. The first-order valence-electron chi connectivity index (χ1n) is 13.6. The van der Waals surface area contributed by atoms with Gasteiger partial charge in [0.2, 0.25) is 0 Å². The summed E-state index contributed by atoms with van der Waals surface area (Å²) in [5.41, 5.74) is 1.67. The molecule has 1 aromatic carbocycles. The summed E-state index contributed by atoms with van der Waals surface area (Å²) in [5.74, 6) is 0.750. The molecule has 1 saturated carbocycles. The maximum atomic E-state index is 11.8. The summed E-state index contributed by atoms with van der Waals surface area (Å²) >= 11 is 0. The lowest BCUT2D eigenvalue weighted by Crippen LogP contribution is -2.42. The number of carbonyl (C=O) groups is 1. The number of methoxy groups -OCH3 is 1. The first-order chi connectivity index (χ1) is 17.4. The molecule has 1 atom stereocenters. The van der Waals surface area contributed by atoms with E-state index in [1.54, 1.807) is 13.3 Å². The maximum absolute atomic E-state index is 11.8. The average molecular weight is 499 g/mol. The highest BCUT2D eigenvalue weighted by Crippen LogP contribution is 2.42. The third-order valence-corrected chi connectivity index (χ3v) is 8.67. The van der Waals surface area contributed by atoms with Crippen molar-refractivity contribution in [2.24, 2.45) is 11.3 Å². The van der Waals surface area contributed by atoms with E-state index in [4.69, 9.17) is 4.74 Å². The Balaban J connectivity index is 1.43. The van der Waals surface area contributed by atoms with E-state index in [2.05, 4.69) is 9.88 Å². The third-order valence-electron chi connectivity index (χ3n) is 8.67. The zero-order chi connectivity index (χ0) is 25.5. The molecule has 0 spiro atoms. The van der Waals surface area contributed by atoms with Gasteiger partial charge in [-0.15, -0.1) is 0 Å². The van der Waals surface area contributed by atoms with Crippen LogP contribution < -0.4 is 4.74 Å². The van der Waals surface area contributed by atoms with Crippen molar-refractivity contribution in [1.29, 1.82) is 0 Å². The second-order valence-electron chi connectivity index (χ2n) is 11.0. The predicted octanol–water partition coefficient (Wildman–Crippen LogP) is 5.08. The lowest BCUT2D eigenvalue weighted by atomic mass is 9.71.